The van der Waals surface area contributed by atoms with E-state index in [1.807, 2.05) is 0 Å². The van der Waals surface area contributed by atoms with Gasteiger partial charge >= 0.3 is 0 Å². The Morgan fingerprint density at radius 3 is 2.56 bits per heavy atom. The summed E-state index contributed by atoms with van der Waals surface area (Å²) in [5.41, 5.74) is 5.42. The molecule has 0 fully saturated rings. The van der Waals surface area contributed by atoms with Crippen molar-refractivity contribution in [3.8, 4) is 11.6 Å². The van der Waals surface area contributed by atoms with E-state index in [4.69, 9.17) is 10.5 Å². The molecule has 0 unspecified atom stereocenters. The Morgan fingerprint density at radius 1 is 1.06 bits per heavy atom. The molecule has 1 aromatic carbocycles. The number of nitrogens with two attached hydrogens (primary N) is 1. The smallest absolute Gasteiger partial charge is 0.221 e. The van der Waals surface area contributed by atoms with Crippen molar-refractivity contribution in [2.45, 2.75) is 0 Å². The number of hydrogen-bond acceptors (Lipinski definition) is 3. The second kappa shape index (κ2) is 4.14. The summed E-state index contributed by atoms with van der Waals surface area (Å²) in [5, 5.41) is 0. The molecule has 0 aliphatic heterocycles. The zero-order chi connectivity index (χ0) is 11.5. The number of rotatable bonds is 2. The van der Waals surface area contributed by atoms with Crippen molar-refractivity contribution in [1.82, 2.24) is 4.98 Å². The zero-order valence-electron chi connectivity index (χ0n) is 8.15. The molecule has 2 N–H and O–H groups in total. The minimum absolute atomic E-state index is 0.115. The van der Waals surface area contributed by atoms with E-state index < -0.39 is 11.6 Å². The largest absolute Gasteiger partial charge is 0.436 e. The lowest BCUT2D eigenvalue weighted by Crippen LogP contribution is -1.95. The Labute approximate surface area is 90.5 Å². The van der Waals surface area contributed by atoms with E-state index in [0.29, 0.717) is 0 Å². The van der Waals surface area contributed by atoms with E-state index in [2.05, 4.69) is 4.98 Å². The molecule has 5 heteroatoms. The van der Waals surface area contributed by atoms with Crippen LogP contribution in [0.2, 0.25) is 0 Å². The summed E-state index contributed by atoms with van der Waals surface area (Å²) in [6.45, 7) is 0. The third-order valence-corrected chi connectivity index (χ3v) is 1.88. The van der Waals surface area contributed by atoms with Crippen molar-refractivity contribution < 1.29 is 13.5 Å². The van der Waals surface area contributed by atoms with Crippen molar-refractivity contribution in [1.29, 1.82) is 0 Å². The second-order valence-corrected chi connectivity index (χ2v) is 3.05. The standard InChI is InChI=1S/C11H8F2N2O/c12-7-3-1-4-8(11(7)13)16-10-6-2-5-9(14)15-10/h1-6H,(H2,14,15). The highest BCUT2D eigenvalue weighted by molar-refractivity contribution is 5.34. The third kappa shape index (κ3) is 2.08. The first kappa shape index (κ1) is 10.4. The van der Waals surface area contributed by atoms with Gasteiger partial charge in [-0.2, -0.15) is 9.37 Å². The van der Waals surface area contributed by atoms with E-state index in [1.54, 1.807) is 12.1 Å². The topological polar surface area (TPSA) is 48.1 Å². The average molecular weight is 222 g/mol. The van der Waals surface area contributed by atoms with E-state index >= 15 is 0 Å². The summed E-state index contributed by atoms with van der Waals surface area (Å²) in [5.74, 6) is -1.88. The van der Waals surface area contributed by atoms with E-state index in [0.717, 1.165) is 6.07 Å². The number of halogens is 2. The number of nitrogen functional groups attached to an aromatic ring is 1. The fourth-order valence-electron chi connectivity index (χ4n) is 1.16. The zero-order valence-corrected chi connectivity index (χ0v) is 8.15. The van der Waals surface area contributed by atoms with Crippen LogP contribution in [0.15, 0.2) is 36.4 Å². The number of ether oxygens (including phenoxy) is 1. The van der Waals surface area contributed by atoms with Gasteiger partial charge in [-0.1, -0.05) is 12.1 Å². The molecule has 0 saturated heterocycles. The molecular formula is C11H8F2N2O. The molecule has 0 atom stereocenters. The van der Waals surface area contributed by atoms with Crippen molar-refractivity contribution >= 4 is 5.82 Å². The maximum absolute atomic E-state index is 13.2. The maximum Gasteiger partial charge on any atom is 0.221 e. The Balaban J connectivity index is 2.31. The molecule has 0 spiro atoms. The van der Waals surface area contributed by atoms with Gasteiger partial charge in [0.15, 0.2) is 11.6 Å². The van der Waals surface area contributed by atoms with E-state index in [1.165, 1.54) is 18.2 Å². The van der Waals surface area contributed by atoms with Crippen LogP contribution in [0.5, 0.6) is 11.6 Å². The van der Waals surface area contributed by atoms with Crippen LogP contribution in [0.25, 0.3) is 0 Å². The first-order chi connectivity index (χ1) is 7.66. The monoisotopic (exact) mass is 222 g/mol. The van der Waals surface area contributed by atoms with E-state index in [-0.39, 0.29) is 17.4 Å². The highest BCUT2D eigenvalue weighted by Gasteiger charge is 2.09. The molecule has 1 aromatic heterocycles. The number of hydrogen-bond donors (Lipinski definition) is 1. The second-order valence-electron chi connectivity index (χ2n) is 3.05. The highest BCUT2D eigenvalue weighted by atomic mass is 19.2. The van der Waals surface area contributed by atoms with Crippen LogP contribution < -0.4 is 10.5 Å². The summed E-state index contributed by atoms with van der Waals surface area (Å²) in [6.07, 6.45) is 0. The van der Waals surface area contributed by atoms with Gasteiger partial charge in [-0.3, -0.25) is 0 Å². The first-order valence-electron chi connectivity index (χ1n) is 4.51. The molecule has 16 heavy (non-hydrogen) atoms. The molecule has 1 heterocycles. The van der Waals surface area contributed by atoms with Crippen molar-refractivity contribution in [2.75, 3.05) is 5.73 Å². The lowest BCUT2D eigenvalue weighted by molar-refractivity contribution is 0.406. The van der Waals surface area contributed by atoms with Gasteiger partial charge in [0.25, 0.3) is 0 Å². The SMILES string of the molecule is Nc1cccc(Oc2cccc(F)c2F)n1. The highest BCUT2D eigenvalue weighted by Crippen LogP contribution is 2.24. The van der Waals surface area contributed by atoms with Crippen LogP contribution >= 0.6 is 0 Å². The Bertz CT molecular complexity index is 517. The molecule has 3 nitrogen and oxygen atoms in total. The molecule has 0 radical (unpaired) electrons. The lowest BCUT2D eigenvalue weighted by atomic mass is 10.3. The van der Waals surface area contributed by atoms with Gasteiger partial charge in [0.2, 0.25) is 11.7 Å². The van der Waals surface area contributed by atoms with Gasteiger partial charge in [-0.15, -0.1) is 0 Å². The van der Waals surface area contributed by atoms with Crippen LogP contribution in [0, 0.1) is 11.6 Å². The minimum atomic E-state index is -1.05. The molecule has 0 aliphatic rings. The summed E-state index contributed by atoms with van der Waals surface area (Å²) in [7, 11) is 0. The molecule has 2 rings (SSSR count). The Kier molecular flexibility index (Phi) is 2.68. The summed E-state index contributed by atoms with van der Waals surface area (Å²) in [4.78, 5) is 3.81. The molecule has 0 aliphatic carbocycles. The molecule has 0 amide bonds. The summed E-state index contributed by atoms with van der Waals surface area (Å²) >= 11 is 0. The van der Waals surface area contributed by atoms with Crippen molar-refractivity contribution in [3.63, 3.8) is 0 Å². The number of nitrogens with zero attached hydrogens (tertiary/aromatic N) is 1. The van der Waals surface area contributed by atoms with Gasteiger partial charge in [0, 0.05) is 6.07 Å². The van der Waals surface area contributed by atoms with Gasteiger partial charge < -0.3 is 10.5 Å². The normalized spacial score (nSPS) is 10.1. The van der Waals surface area contributed by atoms with Gasteiger partial charge in [-0.25, -0.2) is 4.39 Å². The molecule has 2 aromatic rings. The average Bonchev–Trinajstić information content (AvgIpc) is 2.25. The van der Waals surface area contributed by atoms with Crippen molar-refractivity contribution in [3.05, 3.63) is 48.0 Å². The number of benzene rings is 1. The van der Waals surface area contributed by atoms with Crippen LogP contribution in [0.4, 0.5) is 14.6 Å². The number of anilines is 1. The third-order valence-electron chi connectivity index (χ3n) is 1.88. The summed E-state index contributed by atoms with van der Waals surface area (Å²) < 4.78 is 31.2. The van der Waals surface area contributed by atoms with Crippen LogP contribution in [-0.2, 0) is 0 Å². The quantitative estimate of drug-likeness (QED) is 0.849. The maximum atomic E-state index is 13.2. The van der Waals surface area contributed by atoms with E-state index in [9.17, 15) is 8.78 Å². The predicted molar refractivity (Wildman–Crippen MR) is 55.1 cm³/mol. The molecular weight excluding hydrogens is 214 g/mol. The molecule has 0 bridgehead atoms. The van der Waals surface area contributed by atoms with Gasteiger partial charge in [-0.05, 0) is 18.2 Å². The van der Waals surface area contributed by atoms with Gasteiger partial charge in [0.1, 0.15) is 5.82 Å². The van der Waals surface area contributed by atoms with Crippen molar-refractivity contribution in [2.24, 2.45) is 0 Å². The molecule has 82 valence electrons. The predicted octanol–water partition coefficient (Wildman–Crippen LogP) is 2.73. The Morgan fingerprint density at radius 2 is 1.81 bits per heavy atom. The number of aromatic nitrogens is 1. The van der Waals surface area contributed by atoms with Crippen LogP contribution in [0.3, 0.4) is 0 Å². The minimum Gasteiger partial charge on any atom is -0.436 e. The molecule has 0 saturated carbocycles. The van der Waals surface area contributed by atoms with Crippen LogP contribution in [-0.4, -0.2) is 4.98 Å². The fraction of sp³-hybridized carbons (Fsp3) is 0. The summed E-state index contributed by atoms with van der Waals surface area (Å²) in [6, 6.07) is 8.34. The Hall–Kier alpha value is -2.17. The van der Waals surface area contributed by atoms with Crippen LogP contribution in [0.1, 0.15) is 0 Å². The van der Waals surface area contributed by atoms with Gasteiger partial charge in [0.05, 0.1) is 0 Å². The lowest BCUT2D eigenvalue weighted by Gasteiger charge is -2.06. The first-order valence-corrected chi connectivity index (χ1v) is 4.51. The fourth-order valence-corrected chi connectivity index (χ4v) is 1.16. The number of pyridine rings is 1.